The molecule has 3 atom stereocenters. The molecule has 2 aromatic carbocycles. The van der Waals surface area contributed by atoms with Gasteiger partial charge in [-0.2, -0.15) is 0 Å². The van der Waals surface area contributed by atoms with Gasteiger partial charge < -0.3 is 10.1 Å². The molecule has 0 radical (unpaired) electrons. The molecule has 142 valence electrons. The summed E-state index contributed by atoms with van der Waals surface area (Å²) in [7, 11) is 0. The lowest BCUT2D eigenvalue weighted by molar-refractivity contribution is 0.356. The van der Waals surface area contributed by atoms with Crippen molar-refractivity contribution >= 4 is 29.0 Å². The van der Waals surface area contributed by atoms with Crippen molar-refractivity contribution in [3.8, 4) is 5.75 Å². The molecule has 5 rings (SSSR count). The standard InChI is InChI=1S/C23H20Cl2N2O/c24-17-8-4-14(5-9-17)20-21(15-6-10-18(25)11-7-15)27-23(26-20)19-3-1-2-16-12-13-28-22(16)19/h1-6,8-11,15,20-21H,7,12-13H2,(H,26,27)/t15?,20-,21+/m1/s1. The minimum atomic E-state index is 0.00412. The maximum atomic E-state index is 6.14. The van der Waals surface area contributed by atoms with Crippen LogP contribution < -0.4 is 10.1 Å². The third kappa shape index (κ3) is 3.23. The van der Waals surface area contributed by atoms with Gasteiger partial charge in [-0.25, -0.2) is 0 Å². The van der Waals surface area contributed by atoms with Crippen molar-refractivity contribution in [3.05, 3.63) is 87.4 Å². The maximum Gasteiger partial charge on any atom is 0.133 e. The van der Waals surface area contributed by atoms with Crippen LogP contribution in [0.4, 0.5) is 0 Å². The van der Waals surface area contributed by atoms with Gasteiger partial charge in [0.1, 0.15) is 11.6 Å². The zero-order valence-corrected chi connectivity index (χ0v) is 16.8. The average Bonchev–Trinajstić information content (AvgIpc) is 3.36. The molecule has 1 unspecified atom stereocenters. The van der Waals surface area contributed by atoms with Crippen molar-refractivity contribution in [2.45, 2.75) is 24.9 Å². The largest absolute Gasteiger partial charge is 0.492 e. The molecule has 2 heterocycles. The molecule has 0 saturated carbocycles. The van der Waals surface area contributed by atoms with Gasteiger partial charge in [-0.1, -0.05) is 59.6 Å². The van der Waals surface area contributed by atoms with E-state index in [0.717, 1.165) is 52.2 Å². The topological polar surface area (TPSA) is 33.6 Å². The van der Waals surface area contributed by atoms with Gasteiger partial charge >= 0.3 is 0 Å². The van der Waals surface area contributed by atoms with E-state index in [4.69, 9.17) is 32.9 Å². The van der Waals surface area contributed by atoms with E-state index in [2.05, 4.69) is 47.8 Å². The van der Waals surface area contributed by atoms with Crippen LogP contribution in [0.25, 0.3) is 0 Å². The molecule has 5 heteroatoms. The predicted octanol–water partition coefficient (Wildman–Crippen LogP) is 5.43. The van der Waals surface area contributed by atoms with E-state index < -0.39 is 0 Å². The third-order valence-corrected chi connectivity index (χ3v) is 6.17. The van der Waals surface area contributed by atoms with Crippen LogP contribution in [0.15, 0.2) is 70.7 Å². The second-order valence-corrected chi connectivity index (χ2v) is 8.26. The van der Waals surface area contributed by atoms with E-state index in [9.17, 15) is 0 Å². The lowest BCUT2D eigenvalue weighted by Gasteiger charge is -2.27. The summed E-state index contributed by atoms with van der Waals surface area (Å²) in [4.78, 5) is 5.11. The Morgan fingerprint density at radius 3 is 2.71 bits per heavy atom. The number of para-hydroxylation sites is 1. The summed E-state index contributed by atoms with van der Waals surface area (Å²) in [5.41, 5.74) is 3.45. The average molecular weight is 411 g/mol. The van der Waals surface area contributed by atoms with Crippen molar-refractivity contribution < 1.29 is 4.74 Å². The molecule has 28 heavy (non-hydrogen) atoms. The summed E-state index contributed by atoms with van der Waals surface area (Å²) in [6.45, 7) is 0.734. The molecule has 0 amide bonds. The first-order valence-corrected chi connectivity index (χ1v) is 10.3. The van der Waals surface area contributed by atoms with Gasteiger partial charge in [-0.15, -0.1) is 0 Å². The van der Waals surface area contributed by atoms with Crippen LogP contribution in [0.2, 0.25) is 5.02 Å². The van der Waals surface area contributed by atoms with Gasteiger partial charge in [0.05, 0.1) is 24.3 Å². The first kappa shape index (κ1) is 17.8. The Kier molecular flexibility index (Phi) is 4.65. The molecule has 1 N–H and O–H groups in total. The minimum Gasteiger partial charge on any atom is -0.492 e. The summed E-state index contributed by atoms with van der Waals surface area (Å²) in [5, 5.41) is 5.23. The SMILES string of the molecule is ClC1=CCC([C@@H]2NC(c3cccc4c3OCC4)=N[C@@H]2c2ccc(Cl)cc2)C=C1. The fourth-order valence-corrected chi connectivity index (χ4v) is 4.49. The minimum absolute atomic E-state index is 0.00412. The maximum absolute atomic E-state index is 6.14. The Balaban J connectivity index is 1.53. The van der Waals surface area contributed by atoms with Crippen LogP contribution in [-0.4, -0.2) is 18.5 Å². The van der Waals surface area contributed by atoms with Crippen molar-refractivity contribution in [1.29, 1.82) is 0 Å². The Labute approximate surface area is 174 Å². The highest BCUT2D eigenvalue weighted by molar-refractivity contribution is 6.31. The summed E-state index contributed by atoms with van der Waals surface area (Å²) in [6.07, 6.45) is 8.09. The Bertz CT molecular complexity index is 994. The highest BCUT2D eigenvalue weighted by Gasteiger charge is 2.36. The summed E-state index contributed by atoms with van der Waals surface area (Å²) < 4.78 is 5.91. The van der Waals surface area contributed by atoms with E-state index in [0.29, 0.717) is 5.92 Å². The molecule has 0 aromatic heterocycles. The summed E-state index contributed by atoms with van der Waals surface area (Å²) in [5.74, 6) is 2.17. The normalized spacial score (nSPS) is 25.6. The van der Waals surface area contributed by atoms with Gasteiger partial charge in [-0.3, -0.25) is 4.99 Å². The number of hydrogen-bond acceptors (Lipinski definition) is 3. The third-order valence-electron chi connectivity index (χ3n) is 5.64. The zero-order chi connectivity index (χ0) is 19.1. The van der Waals surface area contributed by atoms with E-state index in [1.54, 1.807) is 0 Å². The fraction of sp³-hybridized carbons (Fsp3) is 0.261. The van der Waals surface area contributed by atoms with E-state index in [1.165, 1.54) is 5.56 Å². The van der Waals surface area contributed by atoms with Gasteiger partial charge in [0.15, 0.2) is 0 Å². The Hall–Kier alpha value is -2.23. The quantitative estimate of drug-likeness (QED) is 0.731. The van der Waals surface area contributed by atoms with Crippen LogP contribution in [0, 0.1) is 5.92 Å². The number of nitrogens with zero attached hydrogens (tertiary/aromatic N) is 1. The number of benzene rings is 2. The molecule has 1 aliphatic carbocycles. The molecule has 0 fully saturated rings. The summed E-state index contributed by atoms with van der Waals surface area (Å²) >= 11 is 12.2. The Morgan fingerprint density at radius 2 is 1.93 bits per heavy atom. The molecular weight excluding hydrogens is 391 g/mol. The Morgan fingerprint density at radius 1 is 1.07 bits per heavy atom. The molecule has 0 spiro atoms. The van der Waals surface area contributed by atoms with Gasteiger partial charge in [0, 0.05) is 22.4 Å². The number of ether oxygens (including phenoxy) is 1. The predicted molar refractivity (Wildman–Crippen MR) is 114 cm³/mol. The smallest absolute Gasteiger partial charge is 0.133 e. The van der Waals surface area contributed by atoms with Crippen LogP contribution in [0.5, 0.6) is 5.75 Å². The number of fused-ring (bicyclic) bond motifs is 1. The van der Waals surface area contributed by atoms with E-state index in [1.807, 2.05) is 18.2 Å². The summed E-state index contributed by atoms with van der Waals surface area (Å²) in [6, 6.07) is 14.4. The fourth-order valence-electron chi connectivity index (χ4n) is 4.20. The van der Waals surface area contributed by atoms with Gasteiger partial charge in [0.2, 0.25) is 0 Å². The highest BCUT2D eigenvalue weighted by atomic mass is 35.5. The van der Waals surface area contributed by atoms with Gasteiger partial charge in [0.25, 0.3) is 0 Å². The first-order chi connectivity index (χ1) is 13.7. The van der Waals surface area contributed by atoms with Crippen LogP contribution in [0.3, 0.4) is 0 Å². The van der Waals surface area contributed by atoms with Gasteiger partial charge in [-0.05, 0) is 41.8 Å². The van der Waals surface area contributed by atoms with Crippen molar-refractivity contribution in [2.75, 3.05) is 6.61 Å². The molecule has 3 aliphatic rings. The lowest BCUT2D eigenvalue weighted by Crippen LogP contribution is -2.38. The molecule has 2 aromatic rings. The number of rotatable bonds is 3. The van der Waals surface area contributed by atoms with E-state index >= 15 is 0 Å². The first-order valence-electron chi connectivity index (χ1n) is 9.58. The highest BCUT2D eigenvalue weighted by Crippen LogP contribution is 2.38. The van der Waals surface area contributed by atoms with Crippen LogP contribution in [-0.2, 0) is 6.42 Å². The monoisotopic (exact) mass is 410 g/mol. The molecule has 3 nitrogen and oxygen atoms in total. The number of nitrogens with one attached hydrogen (secondary N) is 1. The number of amidine groups is 1. The molecule has 0 bridgehead atoms. The number of hydrogen-bond donors (Lipinski definition) is 1. The van der Waals surface area contributed by atoms with Crippen molar-refractivity contribution in [1.82, 2.24) is 5.32 Å². The number of allylic oxidation sites excluding steroid dienone is 3. The van der Waals surface area contributed by atoms with Crippen LogP contribution in [0.1, 0.15) is 29.2 Å². The molecular formula is C23H20Cl2N2O. The lowest BCUT2D eigenvalue weighted by atomic mass is 9.86. The zero-order valence-electron chi connectivity index (χ0n) is 15.2. The van der Waals surface area contributed by atoms with E-state index in [-0.39, 0.29) is 12.1 Å². The molecule has 2 aliphatic heterocycles. The van der Waals surface area contributed by atoms with Crippen LogP contribution >= 0.6 is 23.2 Å². The number of halogens is 2. The second kappa shape index (κ2) is 7.31. The number of aliphatic imine (C=N–C) groups is 1. The molecule has 0 saturated heterocycles. The second-order valence-electron chi connectivity index (χ2n) is 7.38. The van der Waals surface area contributed by atoms with Crippen molar-refractivity contribution in [3.63, 3.8) is 0 Å². The van der Waals surface area contributed by atoms with Crippen molar-refractivity contribution in [2.24, 2.45) is 10.9 Å².